The lowest BCUT2D eigenvalue weighted by molar-refractivity contribution is 0.0470. The van der Waals surface area contributed by atoms with Crippen molar-refractivity contribution in [3.8, 4) is 0 Å². The molecule has 0 saturated carbocycles. The van der Waals surface area contributed by atoms with E-state index < -0.39 is 16.0 Å². The molecule has 0 N–H and O–H groups in total. The molecule has 0 aliphatic carbocycles. The maximum atomic E-state index is 13.3. The summed E-state index contributed by atoms with van der Waals surface area (Å²) in [5, 5.41) is 3.83. The molecule has 1 aliphatic heterocycles. The third-order valence-electron chi connectivity index (χ3n) is 5.25. The SMILES string of the molecule is Cc1noc(C)c1COC(=O)c1cccc(S(=O)(=O)N2CCCc3ccccc32)c1. The zero-order valence-electron chi connectivity index (χ0n) is 16.8. The van der Waals surface area contributed by atoms with Gasteiger partial charge in [0.25, 0.3) is 10.0 Å². The predicted octanol–water partition coefficient (Wildman–Crippen LogP) is 3.79. The molecule has 0 atom stereocenters. The van der Waals surface area contributed by atoms with Crippen LogP contribution >= 0.6 is 0 Å². The molecule has 2 aromatic carbocycles. The molecule has 0 radical (unpaired) electrons. The number of hydrogen-bond donors (Lipinski definition) is 0. The van der Waals surface area contributed by atoms with Crippen LogP contribution in [0.2, 0.25) is 0 Å². The summed E-state index contributed by atoms with van der Waals surface area (Å²) in [6, 6.07) is 13.4. The van der Waals surface area contributed by atoms with Gasteiger partial charge in [0, 0.05) is 6.54 Å². The van der Waals surface area contributed by atoms with Crippen LogP contribution in [0, 0.1) is 13.8 Å². The van der Waals surface area contributed by atoms with Gasteiger partial charge in [-0.2, -0.15) is 0 Å². The number of ether oxygens (including phenoxy) is 1. The molecule has 3 aromatic rings. The van der Waals surface area contributed by atoms with Gasteiger partial charge in [-0.1, -0.05) is 29.4 Å². The number of rotatable bonds is 5. The normalized spacial score (nSPS) is 13.7. The quantitative estimate of drug-likeness (QED) is 0.577. The molecular weight excluding hydrogens is 404 g/mol. The molecule has 4 rings (SSSR count). The minimum Gasteiger partial charge on any atom is -0.457 e. The number of aromatic nitrogens is 1. The summed E-state index contributed by atoms with van der Waals surface area (Å²) in [6.07, 6.45) is 1.59. The smallest absolute Gasteiger partial charge is 0.338 e. The number of anilines is 1. The van der Waals surface area contributed by atoms with E-state index in [9.17, 15) is 13.2 Å². The lowest BCUT2D eigenvalue weighted by Gasteiger charge is -2.30. The average molecular weight is 426 g/mol. The summed E-state index contributed by atoms with van der Waals surface area (Å²) in [6.45, 7) is 3.92. The van der Waals surface area contributed by atoms with Crippen LogP contribution in [0.1, 0.15) is 39.4 Å². The van der Waals surface area contributed by atoms with Gasteiger partial charge in [0.2, 0.25) is 0 Å². The van der Waals surface area contributed by atoms with E-state index in [0.717, 1.165) is 18.4 Å². The Hall–Kier alpha value is -3.13. The molecule has 2 heterocycles. The van der Waals surface area contributed by atoms with Crippen LogP contribution in [-0.2, 0) is 27.8 Å². The second-order valence-corrected chi connectivity index (χ2v) is 9.08. The molecule has 30 heavy (non-hydrogen) atoms. The standard InChI is InChI=1S/C22H22N2O5S/c1-15-20(16(2)29-23-15)14-28-22(25)18-8-5-10-19(13-18)30(26,27)24-12-6-9-17-7-3-4-11-21(17)24/h3-5,7-8,10-11,13H,6,9,12,14H2,1-2H3. The highest BCUT2D eigenvalue weighted by Crippen LogP contribution is 2.32. The third-order valence-corrected chi connectivity index (χ3v) is 7.06. The number of fused-ring (bicyclic) bond motifs is 1. The van der Waals surface area contributed by atoms with E-state index in [1.807, 2.05) is 24.3 Å². The molecule has 0 unspecified atom stereocenters. The highest BCUT2D eigenvalue weighted by Gasteiger charge is 2.29. The van der Waals surface area contributed by atoms with Gasteiger partial charge < -0.3 is 9.26 Å². The summed E-state index contributed by atoms with van der Waals surface area (Å²) in [5.41, 5.74) is 3.23. The van der Waals surface area contributed by atoms with Gasteiger partial charge in [0.1, 0.15) is 12.4 Å². The summed E-state index contributed by atoms with van der Waals surface area (Å²) in [5.74, 6) is -0.0218. The largest absolute Gasteiger partial charge is 0.457 e. The Morgan fingerprint density at radius 3 is 2.73 bits per heavy atom. The van der Waals surface area contributed by atoms with E-state index in [4.69, 9.17) is 9.26 Å². The Bertz CT molecular complexity index is 1180. The molecule has 0 saturated heterocycles. The summed E-state index contributed by atoms with van der Waals surface area (Å²) < 4.78 is 38.5. The summed E-state index contributed by atoms with van der Waals surface area (Å²) in [4.78, 5) is 12.6. The van der Waals surface area contributed by atoms with E-state index in [1.165, 1.54) is 16.4 Å². The van der Waals surface area contributed by atoms with Crippen molar-refractivity contribution < 1.29 is 22.5 Å². The fourth-order valence-electron chi connectivity index (χ4n) is 3.59. The topological polar surface area (TPSA) is 89.7 Å². The van der Waals surface area contributed by atoms with E-state index in [1.54, 1.807) is 26.0 Å². The van der Waals surface area contributed by atoms with Crippen LogP contribution in [0.5, 0.6) is 0 Å². The van der Waals surface area contributed by atoms with Gasteiger partial charge in [0.15, 0.2) is 0 Å². The van der Waals surface area contributed by atoms with Crippen molar-refractivity contribution in [2.75, 3.05) is 10.8 Å². The van der Waals surface area contributed by atoms with Crippen LogP contribution in [0.15, 0.2) is 57.9 Å². The molecule has 0 bridgehead atoms. The third kappa shape index (κ3) is 3.70. The molecule has 1 aliphatic rings. The first-order valence-electron chi connectivity index (χ1n) is 9.67. The molecule has 0 amide bonds. The monoisotopic (exact) mass is 426 g/mol. The van der Waals surface area contributed by atoms with Crippen LogP contribution in [0.4, 0.5) is 5.69 Å². The zero-order chi connectivity index (χ0) is 21.3. The van der Waals surface area contributed by atoms with Crippen LogP contribution in [0.25, 0.3) is 0 Å². The number of para-hydroxylation sites is 1. The van der Waals surface area contributed by atoms with Gasteiger partial charge >= 0.3 is 5.97 Å². The first kappa shape index (κ1) is 20.2. The lowest BCUT2D eigenvalue weighted by atomic mass is 10.0. The summed E-state index contributed by atoms with van der Waals surface area (Å²) >= 11 is 0. The van der Waals surface area contributed by atoms with Crippen molar-refractivity contribution in [1.82, 2.24) is 5.16 Å². The van der Waals surface area contributed by atoms with Crippen LogP contribution in [-0.4, -0.2) is 26.1 Å². The molecule has 156 valence electrons. The Balaban J connectivity index is 1.58. The maximum absolute atomic E-state index is 13.3. The fourth-order valence-corrected chi connectivity index (χ4v) is 5.18. The van der Waals surface area contributed by atoms with Gasteiger partial charge in [-0.25, -0.2) is 13.2 Å². The number of nitrogens with zero attached hydrogens (tertiary/aromatic N) is 2. The maximum Gasteiger partial charge on any atom is 0.338 e. The first-order valence-corrected chi connectivity index (χ1v) is 11.1. The first-order chi connectivity index (χ1) is 14.4. The number of sulfonamides is 1. The highest BCUT2D eigenvalue weighted by atomic mass is 32.2. The zero-order valence-corrected chi connectivity index (χ0v) is 17.6. The number of hydrogen-bond acceptors (Lipinski definition) is 6. The molecule has 0 spiro atoms. The Morgan fingerprint density at radius 2 is 1.97 bits per heavy atom. The number of carbonyl (C=O) groups excluding carboxylic acids is 1. The Morgan fingerprint density at radius 1 is 1.17 bits per heavy atom. The van der Waals surface area contributed by atoms with E-state index in [2.05, 4.69) is 5.16 Å². The van der Waals surface area contributed by atoms with Gasteiger partial charge in [-0.05, 0) is 56.5 Å². The Labute approximate surface area is 175 Å². The number of carbonyl (C=O) groups is 1. The van der Waals surface area contributed by atoms with Gasteiger partial charge in [0.05, 0.1) is 27.4 Å². The fraction of sp³-hybridized carbons (Fsp3) is 0.273. The van der Waals surface area contributed by atoms with E-state index in [-0.39, 0.29) is 17.1 Å². The molecular formula is C22H22N2O5S. The molecule has 7 nitrogen and oxygen atoms in total. The van der Waals surface area contributed by atoms with Gasteiger partial charge in [-0.15, -0.1) is 0 Å². The van der Waals surface area contributed by atoms with Crippen molar-refractivity contribution in [1.29, 1.82) is 0 Å². The van der Waals surface area contributed by atoms with Crippen molar-refractivity contribution >= 4 is 21.7 Å². The second kappa shape index (κ2) is 7.95. The van der Waals surface area contributed by atoms with Crippen molar-refractivity contribution in [2.24, 2.45) is 0 Å². The van der Waals surface area contributed by atoms with Crippen molar-refractivity contribution in [2.45, 2.75) is 38.2 Å². The van der Waals surface area contributed by atoms with E-state index in [0.29, 0.717) is 29.2 Å². The van der Waals surface area contributed by atoms with Crippen LogP contribution < -0.4 is 4.31 Å². The van der Waals surface area contributed by atoms with Crippen molar-refractivity contribution in [3.05, 3.63) is 76.7 Å². The second-order valence-electron chi connectivity index (χ2n) is 7.22. The minimum absolute atomic E-state index is 0.0104. The molecule has 8 heteroatoms. The predicted molar refractivity (Wildman–Crippen MR) is 111 cm³/mol. The van der Waals surface area contributed by atoms with Gasteiger partial charge in [-0.3, -0.25) is 4.31 Å². The highest BCUT2D eigenvalue weighted by molar-refractivity contribution is 7.92. The number of benzene rings is 2. The number of esters is 1. The van der Waals surface area contributed by atoms with Crippen molar-refractivity contribution in [3.63, 3.8) is 0 Å². The minimum atomic E-state index is -3.80. The Kier molecular flexibility index (Phi) is 5.34. The van der Waals surface area contributed by atoms with Crippen LogP contribution in [0.3, 0.4) is 0 Å². The van der Waals surface area contributed by atoms with E-state index >= 15 is 0 Å². The molecule has 1 aromatic heterocycles. The summed E-state index contributed by atoms with van der Waals surface area (Å²) in [7, 11) is -3.80. The average Bonchev–Trinajstić information content (AvgIpc) is 3.09. The number of aryl methyl sites for hydroxylation is 3. The molecule has 0 fully saturated rings. The lowest BCUT2D eigenvalue weighted by Crippen LogP contribution is -2.35.